The molecule has 10 heavy (non-hydrogen) atoms. The third kappa shape index (κ3) is 1.61. The van der Waals surface area contributed by atoms with E-state index in [1.807, 2.05) is 24.3 Å². The minimum Gasteiger partial charge on any atom is -0.540 e. The summed E-state index contributed by atoms with van der Waals surface area (Å²) < 4.78 is 4.91. The number of benzene rings is 1. The summed E-state index contributed by atoms with van der Waals surface area (Å²) in [6.07, 6.45) is 0. The average Bonchev–Trinajstić information content (AvgIpc) is 2.04. The van der Waals surface area contributed by atoms with Crippen LogP contribution in [0.4, 0.5) is 0 Å². The van der Waals surface area contributed by atoms with Gasteiger partial charge in [0.25, 0.3) is 0 Å². The van der Waals surface area contributed by atoms with Crippen molar-refractivity contribution in [1.82, 2.24) is 0 Å². The van der Waals surface area contributed by atoms with Gasteiger partial charge in [0, 0.05) is 10.9 Å². The normalized spacial score (nSPS) is 9.40. The minimum atomic E-state index is 0.813. The molecule has 0 N–H and O–H groups in total. The van der Waals surface area contributed by atoms with Gasteiger partial charge in [0.15, 0.2) is 0 Å². The third-order valence-electron chi connectivity index (χ3n) is 1.23. The predicted octanol–water partition coefficient (Wildman–Crippen LogP) is 2.04. The van der Waals surface area contributed by atoms with Gasteiger partial charge in [-0.1, -0.05) is 34.1 Å². The lowest BCUT2D eigenvalue weighted by molar-refractivity contribution is 0.610. The molecule has 0 saturated carbocycles. The van der Waals surface area contributed by atoms with E-state index in [1.54, 1.807) is 0 Å². The second kappa shape index (κ2) is 3.78. The SMILES string of the molecule is [Si]Oc1ccccc1CBr. The zero-order valence-corrected chi connectivity index (χ0v) is 7.89. The molecular weight excluding hydrogens is 208 g/mol. The molecule has 0 bridgehead atoms. The van der Waals surface area contributed by atoms with Crippen LogP contribution in [0.1, 0.15) is 5.56 Å². The Balaban J connectivity index is 2.96. The summed E-state index contributed by atoms with van der Waals surface area (Å²) in [5, 5.41) is 0.813. The van der Waals surface area contributed by atoms with Gasteiger partial charge in [-0.05, 0) is 6.07 Å². The Hall–Kier alpha value is -0.283. The fourth-order valence-corrected chi connectivity index (χ4v) is 1.38. The molecule has 0 aromatic heterocycles. The van der Waals surface area contributed by atoms with Gasteiger partial charge >= 0.3 is 10.5 Å². The van der Waals surface area contributed by atoms with Crippen molar-refractivity contribution < 1.29 is 4.43 Å². The van der Waals surface area contributed by atoms with Crippen LogP contribution in [0.5, 0.6) is 5.75 Å². The molecule has 0 spiro atoms. The summed E-state index contributed by atoms with van der Waals surface area (Å²) in [7, 11) is 2.97. The van der Waals surface area contributed by atoms with Gasteiger partial charge in [-0.15, -0.1) is 0 Å². The van der Waals surface area contributed by atoms with Crippen molar-refractivity contribution in [3.05, 3.63) is 29.8 Å². The lowest BCUT2D eigenvalue weighted by atomic mass is 10.2. The van der Waals surface area contributed by atoms with Gasteiger partial charge in [0.1, 0.15) is 5.75 Å². The van der Waals surface area contributed by atoms with Gasteiger partial charge in [-0.25, -0.2) is 0 Å². The third-order valence-corrected chi connectivity index (χ3v) is 2.05. The summed E-state index contributed by atoms with van der Waals surface area (Å²) in [5.41, 5.74) is 1.14. The van der Waals surface area contributed by atoms with Crippen molar-refractivity contribution in [3.8, 4) is 5.75 Å². The number of halogens is 1. The summed E-state index contributed by atoms with van der Waals surface area (Å²) in [6.45, 7) is 0. The fourth-order valence-electron chi connectivity index (χ4n) is 0.714. The van der Waals surface area contributed by atoms with Gasteiger partial charge < -0.3 is 4.43 Å². The van der Waals surface area contributed by atoms with E-state index < -0.39 is 0 Å². The number of alkyl halides is 1. The van der Waals surface area contributed by atoms with Crippen molar-refractivity contribution in [1.29, 1.82) is 0 Å². The van der Waals surface area contributed by atoms with Gasteiger partial charge in [-0.3, -0.25) is 0 Å². The van der Waals surface area contributed by atoms with E-state index >= 15 is 0 Å². The van der Waals surface area contributed by atoms with Gasteiger partial charge in [-0.2, -0.15) is 0 Å². The number of rotatable bonds is 2. The van der Waals surface area contributed by atoms with Crippen molar-refractivity contribution in [2.75, 3.05) is 0 Å². The van der Waals surface area contributed by atoms with E-state index in [9.17, 15) is 0 Å². The second-order valence-electron chi connectivity index (χ2n) is 1.84. The molecule has 1 aromatic rings. The van der Waals surface area contributed by atoms with E-state index in [1.165, 1.54) is 0 Å². The number of hydrogen-bond acceptors (Lipinski definition) is 1. The Morgan fingerprint density at radius 3 is 2.60 bits per heavy atom. The van der Waals surface area contributed by atoms with Crippen molar-refractivity contribution >= 4 is 26.4 Å². The van der Waals surface area contributed by atoms with E-state index in [-0.39, 0.29) is 0 Å². The maximum Gasteiger partial charge on any atom is 0.341 e. The first kappa shape index (κ1) is 7.82. The molecule has 3 radical (unpaired) electrons. The first-order chi connectivity index (χ1) is 4.88. The van der Waals surface area contributed by atoms with Crippen LogP contribution in [0, 0.1) is 0 Å². The second-order valence-corrected chi connectivity index (χ2v) is 2.61. The summed E-state index contributed by atoms with van der Waals surface area (Å²) in [5.74, 6) is 0.857. The van der Waals surface area contributed by atoms with Crippen LogP contribution in [-0.2, 0) is 5.33 Å². The number of hydrogen-bond donors (Lipinski definition) is 0. The van der Waals surface area contributed by atoms with Crippen LogP contribution < -0.4 is 4.43 Å². The Morgan fingerprint density at radius 1 is 1.40 bits per heavy atom. The Morgan fingerprint density at radius 2 is 2.10 bits per heavy atom. The molecule has 1 nitrogen and oxygen atoms in total. The summed E-state index contributed by atoms with van der Waals surface area (Å²) in [4.78, 5) is 0. The van der Waals surface area contributed by atoms with E-state index in [0.717, 1.165) is 16.6 Å². The van der Waals surface area contributed by atoms with E-state index in [0.29, 0.717) is 0 Å². The highest BCUT2D eigenvalue weighted by atomic mass is 79.9. The van der Waals surface area contributed by atoms with Crippen LogP contribution in [0.25, 0.3) is 0 Å². The first-order valence-corrected chi connectivity index (χ1v) is 4.39. The van der Waals surface area contributed by atoms with Gasteiger partial charge in [0.05, 0.1) is 0 Å². The highest BCUT2D eigenvalue weighted by molar-refractivity contribution is 9.08. The zero-order chi connectivity index (χ0) is 7.40. The molecule has 0 aliphatic carbocycles. The maximum atomic E-state index is 4.91. The van der Waals surface area contributed by atoms with E-state index in [4.69, 9.17) is 4.43 Å². The first-order valence-electron chi connectivity index (χ1n) is 2.86. The largest absolute Gasteiger partial charge is 0.540 e. The molecule has 51 valence electrons. The van der Waals surface area contributed by atoms with Crippen LogP contribution in [0.2, 0.25) is 0 Å². The molecule has 0 saturated heterocycles. The molecule has 0 aliphatic rings. The number of para-hydroxylation sites is 1. The summed E-state index contributed by atoms with van der Waals surface area (Å²) in [6, 6.07) is 7.82. The standard InChI is InChI=1S/C7H6BrOSi/c8-5-6-3-1-2-4-7(6)9-10/h1-4H,5H2. The topological polar surface area (TPSA) is 9.23 Å². The molecular formula is C7H6BrOSi. The Bertz CT molecular complexity index is 192. The minimum absolute atomic E-state index is 0.813. The monoisotopic (exact) mass is 213 g/mol. The molecule has 0 fully saturated rings. The van der Waals surface area contributed by atoms with Crippen LogP contribution in [-0.4, -0.2) is 10.5 Å². The average molecular weight is 214 g/mol. The van der Waals surface area contributed by atoms with Crippen LogP contribution in [0.3, 0.4) is 0 Å². The Labute approximate surface area is 72.1 Å². The van der Waals surface area contributed by atoms with Crippen molar-refractivity contribution in [2.24, 2.45) is 0 Å². The molecule has 0 unspecified atom stereocenters. The molecule has 3 heteroatoms. The van der Waals surface area contributed by atoms with Gasteiger partial charge in [0.2, 0.25) is 0 Å². The van der Waals surface area contributed by atoms with Crippen LogP contribution >= 0.6 is 15.9 Å². The lowest BCUT2D eigenvalue weighted by Crippen LogP contribution is -1.89. The van der Waals surface area contributed by atoms with Crippen molar-refractivity contribution in [3.63, 3.8) is 0 Å². The molecule has 0 aliphatic heterocycles. The highest BCUT2D eigenvalue weighted by Gasteiger charge is 1.96. The Kier molecular flexibility index (Phi) is 2.96. The molecule has 0 heterocycles. The molecule has 1 rings (SSSR count). The highest BCUT2D eigenvalue weighted by Crippen LogP contribution is 2.18. The lowest BCUT2D eigenvalue weighted by Gasteiger charge is -2.03. The molecule has 0 atom stereocenters. The summed E-state index contributed by atoms with van der Waals surface area (Å²) >= 11 is 3.35. The van der Waals surface area contributed by atoms with Crippen LogP contribution in [0.15, 0.2) is 24.3 Å². The zero-order valence-electron chi connectivity index (χ0n) is 5.30. The van der Waals surface area contributed by atoms with E-state index in [2.05, 4.69) is 26.4 Å². The predicted molar refractivity (Wildman–Crippen MR) is 45.5 cm³/mol. The molecule has 0 amide bonds. The van der Waals surface area contributed by atoms with Crippen molar-refractivity contribution in [2.45, 2.75) is 5.33 Å². The maximum absolute atomic E-state index is 4.91. The smallest absolute Gasteiger partial charge is 0.341 e. The quantitative estimate of drug-likeness (QED) is 0.540. The molecule has 1 aromatic carbocycles. The fraction of sp³-hybridized carbons (Fsp3) is 0.143.